The Morgan fingerprint density at radius 3 is 2.65 bits per heavy atom. The van der Waals surface area contributed by atoms with E-state index >= 15 is 0 Å². The quantitative estimate of drug-likeness (QED) is 0.639. The summed E-state index contributed by atoms with van der Waals surface area (Å²) < 4.78 is 11.4. The van der Waals surface area contributed by atoms with E-state index in [0.717, 1.165) is 22.4 Å². The minimum Gasteiger partial charge on any atom is -0.484 e. The van der Waals surface area contributed by atoms with Gasteiger partial charge in [0.15, 0.2) is 6.61 Å². The molecule has 0 spiro atoms. The lowest BCUT2D eigenvalue weighted by molar-refractivity contribution is 0.100. The first-order valence-corrected chi connectivity index (χ1v) is 9.04. The molecular formula is C19H19N3O3S. The minimum atomic E-state index is -0.436. The first-order chi connectivity index (χ1) is 12.5. The van der Waals surface area contributed by atoms with E-state index in [0.29, 0.717) is 22.4 Å². The summed E-state index contributed by atoms with van der Waals surface area (Å²) in [5.41, 5.74) is 8.95. The second kappa shape index (κ2) is 8.05. The van der Waals surface area contributed by atoms with Crippen molar-refractivity contribution < 1.29 is 13.9 Å². The van der Waals surface area contributed by atoms with Gasteiger partial charge in [-0.25, -0.2) is 0 Å². The van der Waals surface area contributed by atoms with Gasteiger partial charge >= 0.3 is 0 Å². The Bertz CT molecular complexity index is 907. The lowest BCUT2D eigenvalue weighted by Crippen LogP contribution is -2.10. The molecule has 26 heavy (non-hydrogen) atoms. The van der Waals surface area contributed by atoms with Crippen LogP contribution in [0.15, 0.2) is 52.1 Å². The van der Waals surface area contributed by atoms with E-state index in [-0.39, 0.29) is 6.61 Å². The number of thioether (sulfide) groups is 1. The molecule has 6 nitrogen and oxygen atoms in total. The number of primary amides is 1. The average Bonchev–Trinajstić information content (AvgIpc) is 3.09. The number of carbonyl (C=O) groups excluding carboxylic acids is 1. The van der Waals surface area contributed by atoms with E-state index in [1.54, 1.807) is 12.1 Å². The number of ether oxygens (including phenoxy) is 1. The number of aromatic nitrogens is 2. The Hall–Kier alpha value is -2.80. The molecule has 0 atom stereocenters. The number of nitrogens with two attached hydrogens (primary N) is 1. The molecule has 1 heterocycles. The highest BCUT2D eigenvalue weighted by atomic mass is 32.2. The second-order valence-corrected chi connectivity index (χ2v) is 6.80. The first kappa shape index (κ1) is 18.0. The maximum Gasteiger partial charge on any atom is 0.277 e. The predicted octanol–water partition coefficient (Wildman–Crippen LogP) is 3.66. The summed E-state index contributed by atoms with van der Waals surface area (Å²) in [5, 5.41) is 8.51. The maximum absolute atomic E-state index is 11.1. The highest BCUT2D eigenvalue weighted by molar-refractivity contribution is 7.98. The molecule has 7 heteroatoms. The number of carbonyl (C=O) groups is 1. The third kappa shape index (κ3) is 4.64. The molecule has 0 aliphatic carbocycles. The van der Waals surface area contributed by atoms with Crippen molar-refractivity contribution >= 4 is 17.7 Å². The highest BCUT2D eigenvalue weighted by Gasteiger charge is 2.09. The molecule has 0 unspecified atom stereocenters. The van der Waals surface area contributed by atoms with Crippen molar-refractivity contribution in [3.63, 3.8) is 0 Å². The zero-order chi connectivity index (χ0) is 18.5. The molecule has 0 aliphatic rings. The zero-order valence-corrected chi connectivity index (χ0v) is 15.4. The summed E-state index contributed by atoms with van der Waals surface area (Å²) in [6, 6.07) is 13.2. The molecule has 3 rings (SSSR count). The van der Waals surface area contributed by atoms with Gasteiger partial charge in [-0.2, -0.15) is 0 Å². The topological polar surface area (TPSA) is 91.2 Å². The summed E-state index contributed by atoms with van der Waals surface area (Å²) in [6.07, 6.45) is 0. The Kier molecular flexibility index (Phi) is 5.58. The van der Waals surface area contributed by atoms with E-state index in [4.69, 9.17) is 14.9 Å². The van der Waals surface area contributed by atoms with Crippen LogP contribution in [0.3, 0.4) is 0 Å². The van der Waals surface area contributed by atoms with Crippen LogP contribution in [0.25, 0.3) is 0 Å². The Balaban J connectivity index is 1.54. The van der Waals surface area contributed by atoms with Gasteiger partial charge in [-0.3, -0.25) is 4.79 Å². The van der Waals surface area contributed by atoms with Gasteiger partial charge in [-0.05, 0) is 48.7 Å². The van der Waals surface area contributed by atoms with Gasteiger partial charge in [-0.15, -0.1) is 10.2 Å². The van der Waals surface area contributed by atoms with Crippen LogP contribution in [0.1, 0.15) is 32.9 Å². The van der Waals surface area contributed by atoms with Gasteiger partial charge in [0.1, 0.15) is 5.75 Å². The van der Waals surface area contributed by atoms with Crippen molar-refractivity contribution in [1.82, 2.24) is 10.2 Å². The van der Waals surface area contributed by atoms with E-state index in [2.05, 4.69) is 10.2 Å². The fourth-order valence-electron chi connectivity index (χ4n) is 2.27. The summed E-state index contributed by atoms with van der Waals surface area (Å²) in [7, 11) is 0. The van der Waals surface area contributed by atoms with Gasteiger partial charge in [0.25, 0.3) is 11.1 Å². The Labute approximate surface area is 155 Å². The third-order valence-corrected chi connectivity index (χ3v) is 4.63. The molecule has 0 aliphatic heterocycles. The van der Waals surface area contributed by atoms with Gasteiger partial charge in [0, 0.05) is 11.3 Å². The lowest BCUT2D eigenvalue weighted by Gasteiger charge is -2.07. The standard InChI is InChI=1S/C19H19N3O3S/c1-12-3-4-13(2)16(9-12)24-10-17-21-22-19(25-17)26-11-14-5-7-15(8-6-14)18(20)23/h3-9H,10-11H2,1-2H3,(H2,20,23). The molecule has 1 aromatic heterocycles. The number of rotatable bonds is 7. The van der Waals surface area contributed by atoms with Crippen LogP contribution >= 0.6 is 11.8 Å². The van der Waals surface area contributed by atoms with Gasteiger partial charge in [0.05, 0.1) is 0 Å². The number of hydrogen-bond acceptors (Lipinski definition) is 6. The van der Waals surface area contributed by atoms with E-state index in [1.807, 2.05) is 44.2 Å². The summed E-state index contributed by atoms with van der Waals surface area (Å²) in [5.74, 6) is 1.46. The SMILES string of the molecule is Cc1ccc(C)c(OCc2nnc(SCc3ccc(C(N)=O)cc3)o2)c1. The number of hydrogen-bond donors (Lipinski definition) is 1. The summed E-state index contributed by atoms with van der Waals surface area (Å²) in [4.78, 5) is 11.1. The Morgan fingerprint density at radius 2 is 1.92 bits per heavy atom. The van der Waals surface area contributed by atoms with Crippen LogP contribution in [0.4, 0.5) is 0 Å². The van der Waals surface area contributed by atoms with Crippen molar-refractivity contribution in [1.29, 1.82) is 0 Å². The van der Waals surface area contributed by atoms with Gasteiger partial charge in [0.2, 0.25) is 5.91 Å². The first-order valence-electron chi connectivity index (χ1n) is 8.05. The van der Waals surface area contributed by atoms with Gasteiger partial charge < -0.3 is 14.9 Å². The summed E-state index contributed by atoms with van der Waals surface area (Å²) in [6.45, 7) is 4.24. The van der Waals surface area contributed by atoms with Crippen LogP contribution in [0.5, 0.6) is 5.75 Å². The zero-order valence-electron chi connectivity index (χ0n) is 14.6. The molecule has 2 aromatic carbocycles. The van der Waals surface area contributed by atoms with Crippen molar-refractivity contribution in [3.8, 4) is 5.75 Å². The van der Waals surface area contributed by atoms with Crippen LogP contribution < -0.4 is 10.5 Å². The molecule has 3 aromatic rings. The van der Waals surface area contributed by atoms with Crippen molar-refractivity contribution in [3.05, 3.63) is 70.6 Å². The lowest BCUT2D eigenvalue weighted by atomic mass is 10.1. The highest BCUT2D eigenvalue weighted by Crippen LogP contribution is 2.23. The van der Waals surface area contributed by atoms with Crippen LogP contribution in [-0.2, 0) is 12.4 Å². The monoisotopic (exact) mass is 369 g/mol. The summed E-state index contributed by atoms with van der Waals surface area (Å²) >= 11 is 1.42. The second-order valence-electron chi connectivity index (χ2n) is 5.87. The van der Waals surface area contributed by atoms with Crippen LogP contribution in [-0.4, -0.2) is 16.1 Å². The van der Waals surface area contributed by atoms with Crippen LogP contribution in [0, 0.1) is 13.8 Å². The molecular weight excluding hydrogens is 350 g/mol. The van der Waals surface area contributed by atoms with Crippen molar-refractivity contribution in [2.75, 3.05) is 0 Å². The normalized spacial score (nSPS) is 10.7. The Morgan fingerprint density at radius 1 is 1.15 bits per heavy atom. The van der Waals surface area contributed by atoms with Crippen molar-refractivity contribution in [2.45, 2.75) is 31.4 Å². The fourth-order valence-corrected chi connectivity index (χ4v) is 3.00. The number of benzene rings is 2. The van der Waals surface area contributed by atoms with Crippen LogP contribution in [0.2, 0.25) is 0 Å². The van der Waals surface area contributed by atoms with E-state index in [9.17, 15) is 4.79 Å². The molecule has 134 valence electrons. The molecule has 0 saturated carbocycles. The molecule has 1 amide bonds. The molecule has 0 bridgehead atoms. The smallest absolute Gasteiger partial charge is 0.277 e. The van der Waals surface area contributed by atoms with Crippen molar-refractivity contribution in [2.24, 2.45) is 5.73 Å². The average molecular weight is 369 g/mol. The number of amides is 1. The fraction of sp³-hybridized carbons (Fsp3) is 0.211. The minimum absolute atomic E-state index is 0.227. The third-order valence-electron chi connectivity index (χ3n) is 3.74. The molecule has 2 N–H and O–H groups in total. The van der Waals surface area contributed by atoms with E-state index in [1.165, 1.54) is 11.8 Å². The maximum atomic E-state index is 11.1. The molecule has 0 fully saturated rings. The molecule has 0 saturated heterocycles. The predicted molar refractivity (Wildman–Crippen MR) is 99.1 cm³/mol. The largest absolute Gasteiger partial charge is 0.484 e. The van der Waals surface area contributed by atoms with E-state index < -0.39 is 5.91 Å². The number of nitrogens with zero attached hydrogens (tertiary/aromatic N) is 2. The number of aryl methyl sites for hydroxylation is 2. The molecule has 0 radical (unpaired) electrons. The van der Waals surface area contributed by atoms with Gasteiger partial charge in [-0.1, -0.05) is 36.0 Å².